The molecule has 0 unspecified atom stereocenters. The summed E-state index contributed by atoms with van der Waals surface area (Å²) in [5.74, 6) is 1.28. The van der Waals surface area contributed by atoms with Gasteiger partial charge in [0.25, 0.3) is 0 Å². The predicted octanol–water partition coefficient (Wildman–Crippen LogP) is 2.19. The van der Waals surface area contributed by atoms with E-state index in [4.69, 9.17) is 0 Å². The van der Waals surface area contributed by atoms with E-state index in [-0.39, 0.29) is 18.1 Å². The Morgan fingerprint density at radius 1 is 1.47 bits per heavy atom. The number of carbonyl (C=O) groups is 1. The Hall–Kier alpha value is -0.220. The lowest BCUT2D eigenvalue weighted by Gasteiger charge is -2.38. The standard InChI is InChI=1S/C13H25NO2S/c1-10(2)17-8-12(16)14-13(9-15)6-4-11(3)5-7-13/h10-11,15H,4-9H2,1-3H3,(H,14,16). The van der Waals surface area contributed by atoms with Crippen molar-refractivity contribution in [2.75, 3.05) is 12.4 Å². The van der Waals surface area contributed by atoms with Crippen molar-refractivity contribution in [2.45, 2.75) is 57.2 Å². The minimum Gasteiger partial charge on any atom is -0.394 e. The summed E-state index contributed by atoms with van der Waals surface area (Å²) >= 11 is 1.64. The fourth-order valence-corrected chi connectivity index (χ4v) is 2.77. The van der Waals surface area contributed by atoms with Crippen LogP contribution in [-0.2, 0) is 4.79 Å². The third kappa shape index (κ3) is 4.88. The maximum Gasteiger partial charge on any atom is 0.230 e. The molecule has 1 amide bonds. The van der Waals surface area contributed by atoms with E-state index < -0.39 is 0 Å². The van der Waals surface area contributed by atoms with E-state index in [1.807, 2.05) is 0 Å². The van der Waals surface area contributed by atoms with Crippen LogP contribution < -0.4 is 5.32 Å². The quantitative estimate of drug-likeness (QED) is 0.795. The van der Waals surface area contributed by atoms with Gasteiger partial charge in [-0.25, -0.2) is 0 Å². The highest BCUT2D eigenvalue weighted by Gasteiger charge is 2.34. The second kappa shape index (κ2) is 6.64. The molecule has 2 N–H and O–H groups in total. The zero-order valence-electron chi connectivity index (χ0n) is 11.2. The van der Waals surface area contributed by atoms with Gasteiger partial charge in [-0.3, -0.25) is 4.79 Å². The third-order valence-corrected chi connectivity index (χ3v) is 4.58. The number of thioether (sulfide) groups is 1. The van der Waals surface area contributed by atoms with E-state index in [1.54, 1.807) is 11.8 Å². The molecule has 3 nitrogen and oxygen atoms in total. The summed E-state index contributed by atoms with van der Waals surface area (Å²) in [6.07, 6.45) is 4.00. The molecular weight excluding hydrogens is 234 g/mol. The molecule has 0 saturated heterocycles. The van der Waals surface area contributed by atoms with Crippen LogP contribution in [0.4, 0.5) is 0 Å². The van der Waals surface area contributed by atoms with Crippen molar-refractivity contribution in [3.63, 3.8) is 0 Å². The van der Waals surface area contributed by atoms with Crippen LogP contribution in [-0.4, -0.2) is 34.2 Å². The lowest BCUT2D eigenvalue weighted by Crippen LogP contribution is -2.53. The summed E-state index contributed by atoms with van der Waals surface area (Å²) in [4.78, 5) is 11.8. The Labute approximate surface area is 109 Å². The zero-order valence-corrected chi connectivity index (χ0v) is 12.0. The van der Waals surface area contributed by atoms with Crippen LogP contribution in [0.15, 0.2) is 0 Å². The molecule has 0 atom stereocenters. The molecule has 1 rings (SSSR count). The van der Waals surface area contributed by atoms with Gasteiger partial charge in [-0.15, -0.1) is 11.8 Å². The first-order chi connectivity index (χ1) is 7.97. The average molecular weight is 259 g/mol. The van der Waals surface area contributed by atoms with E-state index in [9.17, 15) is 9.90 Å². The Bertz CT molecular complexity index is 248. The molecule has 0 bridgehead atoms. The number of aliphatic hydroxyl groups excluding tert-OH is 1. The molecule has 1 fully saturated rings. The molecule has 17 heavy (non-hydrogen) atoms. The Morgan fingerprint density at radius 3 is 2.53 bits per heavy atom. The number of amides is 1. The maximum absolute atomic E-state index is 11.8. The van der Waals surface area contributed by atoms with Gasteiger partial charge >= 0.3 is 0 Å². The molecule has 0 aromatic rings. The van der Waals surface area contributed by atoms with Gasteiger partial charge in [-0.1, -0.05) is 20.8 Å². The highest BCUT2D eigenvalue weighted by atomic mass is 32.2. The van der Waals surface area contributed by atoms with Gasteiger partial charge in [0.1, 0.15) is 0 Å². The molecule has 0 spiro atoms. The van der Waals surface area contributed by atoms with Crippen molar-refractivity contribution in [3.8, 4) is 0 Å². The van der Waals surface area contributed by atoms with Gasteiger partial charge < -0.3 is 10.4 Å². The minimum atomic E-state index is -0.346. The van der Waals surface area contributed by atoms with Crippen molar-refractivity contribution in [1.82, 2.24) is 5.32 Å². The van der Waals surface area contributed by atoms with Gasteiger partial charge in [-0.2, -0.15) is 0 Å². The van der Waals surface area contributed by atoms with E-state index >= 15 is 0 Å². The van der Waals surface area contributed by atoms with Crippen molar-refractivity contribution in [2.24, 2.45) is 5.92 Å². The molecule has 1 aliphatic carbocycles. The van der Waals surface area contributed by atoms with E-state index in [0.717, 1.165) is 31.6 Å². The summed E-state index contributed by atoms with van der Waals surface area (Å²) in [5, 5.41) is 13.1. The van der Waals surface area contributed by atoms with Crippen LogP contribution >= 0.6 is 11.8 Å². The van der Waals surface area contributed by atoms with Crippen molar-refractivity contribution < 1.29 is 9.90 Å². The lowest BCUT2D eigenvalue weighted by atomic mass is 9.77. The molecule has 0 aromatic carbocycles. The summed E-state index contributed by atoms with van der Waals surface area (Å²) in [6, 6.07) is 0. The summed E-state index contributed by atoms with van der Waals surface area (Å²) in [6.45, 7) is 6.47. The number of carbonyl (C=O) groups excluding carboxylic acids is 1. The molecule has 100 valence electrons. The number of hydrogen-bond acceptors (Lipinski definition) is 3. The van der Waals surface area contributed by atoms with E-state index in [2.05, 4.69) is 26.1 Å². The minimum absolute atomic E-state index is 0.0623. The number of aliphatic hydroxyl groups is 1. The highest BCUT2D eigenvalue weighted by molar-refractivity contribution is 8.00. The first kappa shape index (κ1) is 14.8. The molecule has 1 saturated carbocycles. The largest absolute Gasteiger partial charge is 0.394 e. The normalized spacial score (nSPS) is 29.4. The Balaban J connectivity index is 2.43. The molecule has 4 heteroatoms. The average Bonchev–Trinajstić information content (AvgIpc) is 2.30. The van der Waals surface area contributed by atoms with E-state index in [0.29, 0.717) is 11.0 Å². The topological polar surface area (TPSA) is 49.3 Å². The van der Waals surface area contributed by atoms with Crippen LogP contribution in [0.5, 0.6) is 0 Å². The smallest absolute Gasteiger partial charge is 0.230 e. The fraction of sp³-hybridized carbons (Fsp3) is 0.923. The molecule has 0 radical (unpaired) electrons. The molecule has 0 heterocycles. The van der Waals surface area contributed by atoms with Crippen molar-refractivity contribution >= 4 is 17.7 Å². The number of hydrogen-bond donors (Lipinski definition) is 2. The lowest BCUT2D eigenvalue weighted by molar-refractivity contribution is -0.121. The Morgan fingerprint density at radius 2 is 2.06 bits per heavy atom. The molecule has 1 aliphatic rings. The van der Waals surface area contributed by atoms with Gasteiger partial charge in [-0.05, 0) is 36.9 Å². The van der Waals surface area contributed by atoms with Gasteiger partial charge in [0.15, 0.2) is 0 Å². The summed E-state index contributed by atoms with van der Waals surface area (Å²) in [5.41, 5.74) is -0.346. The first-order valence-electron chi connectivity index (χ1n) is 6.51. The second-order valence-corrected chi connectivity index (χ2v) is 7.09. The highest BCUT2D eigenvalue weighted by Crippen LogP contribution is 2.31. The SMILES string of the molecule is CC1CCC(CO)(NC(=O)CSC(C)C)CC1. The first-order valence-corrected chi connectivity index (χ1v) is 7.56. The van der Waals surface area contributed by atoms with Crippen LogP contribution in [0, 0.1) is 5.92 Å². The third-order valence-electron chi connectivity index (χ3n) is 3.49. The Kier molecular flexibility index (Phi) is 5.80. The summed E-state index contributed by atoms with van der Waals surface area (Å²) < 4.78 is 0. The van der Waals surface area contributed by atoms with Crippen LogP contribution in [0.3, 0.4) is 0 Å². The van der Waals surface area contributed by atoms with Crippen LogP contribution in [0.25, 0.3) is 0 Å². The van der Waals surface area contributed by atoms with Crippen LogP contribution in [0.2, 0.25) is 0 Å². The molecular formula is C13H25NO2S. The van der Waals surface area contributed by atoms with E-state index in [1.165, 1.54) is 0 Å². The van der Waals surface area contributed by atoms with Crippen molar-refractivity contribution in [3.05, 3.63) is 0 Å². The number of rotatable bonds is 5. The van der Waals surface area contributed by atoms with Crippen molar-refractivity contribution in [1.29, 1.82) is 0 Å². The zero-order chi connectivity index (χ0) is 12.9. The number of nitrogens with one attached hydrogen (secondary N) is 1. The van der Waals surface area contributed by atoms with Gasteiger partial charge in [0, 0.05) is 0 Å². The van der Waals surface area contributed by atoms with Gasteiger partial charge in [0.05, 0.1) is 17.9 Å². The molecule has 0 aliphatic heterocycles. The maximum atomic E-state index is 11.8. The summed E-state index contributed by atoms with van der Waals surface area (Å²) in [7, 11) is 0. The van der Waals surface area contributed by atoms with Crippen LogP contribution in [0.1, 0.15) is 46.5 Å². The van der Waals surface area contributed by atoms with Gasteiger partial charge in [0.2, 0.25) is 5.91 Å². The molecule has 0 aromatic heterocycles. The fourth-order valence-electron chi connectivity index (χ4n) is 2.21. The predicted molar refractivity (Wildman–Crippen MR) is 73.2 cm³/mol. The second-order valence-electron chi connectivity index (χ2n) is 5.53. The monoisotopic (exact) mass is 259 g/mol.